The Morgan fingerprint density at radius 2 is 2.19 bits per heavy atom. The van der Waals surface area contributed by atoms with Gasteiger partial charge in [-0.3, -0.25) is 4.79 Å². The summed E-state index contributed by atoms with van der Waals surface area (Å²) in [5.74, 6) is 0.0555. The average molecular weight is 378 g/mol. The molecule has 0 aliphatic carbocycles. The molecule has 1 aliphatic heterocycles. The zero-order valence-corrected chi connectivity index (χ0v) is 16.6. The van der Waals surface area contributed by atoms with Crippen molar-refractivity contribution < 1.29 is 23.5 Å². The van der Waals surface area contributed by atoms with E-state index in [1.165, 1.54) is 0 Å². The summed E-state index contributed by atoms with van der Waals surface area (Å²) in [7, 11) is 0. The molecule has 1 aromatic rings. The fourth-order valence-electron chi connectivity index (χ4n) is 2.96. The first-order valence-electron chi connectivity index (χ1n) is 9.38. The first-order valence-corrected chi connectivity index (χ1v) is 9.38. The summed E-state index contributed by atoms with van der Waals surface area (Å²) >= 11 is 0. The lowest BCUT2D eigenvalue weighted by Gasteiger charge is -2.38. The number of carbonyl (C=O) groups excluding carboxylic acids is 2. The number of piperidine rings is 1. The summed E-state index contributed by atoms with van der Waals surface area (Å²) in [4.78, 5) is 26.3. The van der Waals surface area contributed by atoms with Gasteiger partial charge in [0.05, 0.1) is 18.8 Å². The number of hydrogen-bond acceptors (Lipinski definition) is 6. The Morgan fingerprint density at radius 3 is 2.81 bits per heavy atom. The summed E-state index contributed by atoms with van der Waals surface area (Å²) < 4.78 is 15.9. The maximum atomic E-state index is 12.4. The highest BCUT2D eigenvalue weighted by Crippen LogP contribution is 2.21. The summed E-state index contributed by atoms with van der Waals surface area (Å²) in [5.41, 5.74) is -0.567. The molecule has 1 saturated heterocycles. The Morgan fingerprint density at radius 1 is 1.41 bits per heavy atom. The van der Waals surface area contributed by atoms with Crippen LogP contribution in [0.2, 0.25) is 0 Å². The quantitative estimate of drug-likeness (QED) is 0.766. The second-order valence-corrected chi connectivity index (χ2v) is 7.51. The van der Waals surface area contributed by atoms with Crippen LogP contribution in [0.3, 0.4) is 0 Å². The van der Waals surface area contributed by atoms with Crippen molar-refractivity contribution in [2.75, 3.05) is 26.2 Å². The molecule has 2 heterocycles. The van der Waals surface area contributed by atoms with Crippen molar-refractivity contribution in [2.24, 2.45) is 5.92 Å². The van der Waals surface area contributed by atoms with Crippen LogP contribution in [0.4, 0.5) is 4.79 Å². The fourth-order valence-corrected chi connectivity index (χ4v) is 2.96. The fraction of sp³-hybridized carbons (Fsp3) is 0.600. The lowest BCUT2D eigenvalue weighted by Crippen LogP contribution is -2.54. The van der Waals surface area contributed by atoms with E-state index in [1.807, 2.05) is 45.1 Å². The van der Waals surface area contributed by atoms with E-state index in [2.05, 4.69) is 5.32 Å². The number of likely N-dealkylation sites (tertiary alicyclic amines) is 1. The van der Waals surface area contributed by atoms with Crippen LogP contribution in [0, 0.1) is 5.92 Å². The number of rotatable bonds is 6. The van der Waals surface area contributed by atoms with Crippen molar-refractivity contribution in [1.29, 1.82) is 0 Å². The molecule has 1 N–H and O–H groups in total. The van der Waals surface area contributed by atoms with Gasteiger partial charge in [-0.15, -0.1) is 0 Å². The molecule has 0 spiro atoms. The highest BCUT2D eigenvalue weighted by Gasteiger charge is 2.38. The molecule has 0 bridgehead atoms. The van der Waals surface area contributed by atoms with E-state index in [1.54, 1.807) is 18.1 Å². The number of ether oxygens (including phenoxy) is 2. The number of esters is 1. The van der Waals surface area contributed by atoms with Gasteiger partial charge in [0.15, 0.2) is 0 Å². The van der Waals surface area contributed by atoms with Gasteiger partial charge in [0.25, 0.3) is 0 Å². The minimum atomic E-state index is -0.567. The van der Waals surface area contributed by atoms with Crippen LogP contribution in [0.1, 0.15) is 39.9 Å². The molecule has 0 saturated carbocycles. The van der Waals surface area contributed by atoms with Crippen LogP contribution in [0.25, 0.3) is 6.08 Å². The number of carbonyl (C=O) groups is 2. The monoisotopic (exact) mass is 378 g/mol. The maximum absolute atomic E-state index is 12.4. The molecule has 27 heavy (non-hydrogen) atoms. The molecule has 1 fully saturated rings. The summed E-state index contributed by atoms with van der Waals surface area (Å²) in [6.07, 6.45) is 5.70. The molecular formula is C20H30N2O5. The molecule has 7 heteroatoms. The van der Waals surface area contributed by atoms with Gasteiger partial charge >= 0.3 is 12.1 Å². The third-order valence-corrected chi connectivity index (χ3v) is 4.18. The van der Waals surface area contributed by atoms with Gasteiger partial charge in [-0.1, -0.05) is 6.08 Å². The minimum absolute atomic E-state index is 0.0658. The molecule has 150 valence electrons. The largest absolute Gasteiger partial charge is 0.466 e. The standard InChI is InChI=1S/C20H30N2O5/c1-5-25-18(23)16-14-22(19(24)27-20(2,3)4)12-10-17(16)21-11-6-8-15-9-7-13-26-15/h6-9,13,16-17,21H,5,10-12,14H2,1-4H3/b8-6+/t16-,17+/m0/s1. The molecule has 1 aromatic heterocycles. The Hall–Kier alpha value is -2.28. The lowest BCUT2D eigenvalue weighted by atomic mass is 9.92. The zero-order valence-electron chi connectivity index (χ0n) is 16.6. The van der Waals surface area contributed by atoms with Crippen molar-refractivity contribution in [3.8, 4) is 0 Å². The molecule has 0 unspecified atom stereocenters. The summed E-state index contributed by atoms with van der Waals surface area (Å²) in [6.45, 7) is 8.98. The van der Waals surface area contributed by atoms with Crippen LogP contribution in [-0.4, -0.2) is 54.8 Å². The molecule has 7 nitrogen and oxygen atoms in total. The van der Waals surface area contributed by atoms with Crippen LogP contribution in [-0.2, 0) is 14.3 Å². The third kappa shape index (κ3) is 6.75. The Kier molecular flexibility index (Phi) is 7.47. The van der Waals surface area contributed by atoms with Gasteiger partial charge in [-0.25, -0.2) is 4.79 Å². The van der Waals surface area contributed by atoms with E-state index in [4.69, 9.17) is 13.9 Å². The molecular weight excluding hydrogens is 348 g/mol. The van der Waals surface area contributed by atoms with E-state index in [0.717, 1.165) is 5.76 Å². The lowest BCUT2D eigenvalue weighted by molar-refractivity contribution is -0.150. The average Bonchev–Trinajstić information content (AvgIpc) is 3.11. The van der Waals surface area contributed by atoms with Crippen LogP contribution < -0.4 is 5.32 Å². The van der Waals surface area contributed by atoms with Crippen molar-refractivity contribution in [3.63, 3.8) is 0 Å². The van der Waals surface area contributed by atoms with Gasteiger partial charge in [-0.2, -0.15) is 0 Å². The van der Waals surface area contributed by atoms with E-state index in [0.29, 0.717) is 26.1 Å². The predicted octanol–water partition coefficient (Wildman–Crippen LogP) is 3.07. The van der Waals surface area contributed by atoms with Crippen molar-refractivity contribution in [3.05, 3.63) is 30.2 Å². The van der Waals surface area contributed by atoms with E-state index in [-0.39, 0.29) is 18.6 Å². The molecule has 0 radical (unpaired) electrons. The highest BCUT2D eigenvalue weighted by atomic mass is 16.6. The summed E-state index contributed by atoms with van der Waals surface area (Å²) in [5, 5.41) is 3.37. The molecule has 0 aromatic carbocycles. The van der Waals surface area contributed by atoms with E-state index in [9.17, 15) is 9.59 Å². The second-order valence-electron chi connectivity index (χ2n) is 7.51. The number of hydrogen-bond donors (Lipinski definition) is 1. The Balaban J connectivity index is 1.95. The zero-order chi connectivity index (χ0) is 19.9. The summed E-state index contributed by atoms with van der Waals surface area (Å²) in [6, 6.07) is 3.64. The van der Waals surface area contributed by atoms with Crippen LogP contribution in [0.15, 0.2) is 28.9 Å². The Bertz CT molecular complexity index is 633. The molecule has 2 atom stereocenters. The van der Waals surface area contributed by atoms with Gasteiger partial charge in [0.2, 0.25) is 0 Å². The predicted molar refractivity (Wildman–Crippen MR) is 102 cm³/mol. The van der Waals surface area contributed by atoms with Crippen LogP contribution in [0.5, 0.6) is 0 Å². The van der Waals surface area contributed by atoms with Gasteiger partial charge in [0.1, 0.15) is 11.4 Å². The van der Waals surface area contributed by atoms with Gasteiger partial charge < -0.3 is 24.1 Å². The second kappa shape index (κ2) is 9.60. The van der Waals surface area contributed by atoms with E-state index < -0.39 is 17.6 Å². The minimum Gasteiger partial charge on any atom is -0.466 e. The van der Waals surface area contributed by atoms with Gasteiger partial charge in [-0.05, 0) is 52.3 Å². The first-order chi connectivity index (χ1) is 12.8. The van der Waals surface area contributed by atoms with Gasteiger partial charge in [0, 0.05) is 25.7 Å². The number of nitrogens with one attached hydrogen (secondary N) is 1. The smallest absolute Gasteiger partial charge is 0.410 e. The number of amides is 1. The topological polar surface area (TPSA) is 81.0 Å². The number of furan rings is 1. The van der Waals surface area contributed by atoms with Crippen molar-refractivity contribution in [1.82, 2.24) is 10.2 Å². The molecule has 1 amide bonds. The normalized spacial score (nSPS) is 20.7. The first kappa shape index (κ1) is 21.0. The van der Waals surface area contributed by atoms with Crippen molar-refractivity contribution in [2.45, 2.75) is 45.8 Å². The highest BCUT2D eigenvalue weighted by molar-refractivity contribution is 5.75. The van der Waals surface area contributed by atoms with Crippen molar-refractivity contribution >= 4 is 18.1 Å². The van der Waals surface area contributed by atoms with E-state index >= 15 is 0 Å². The molecule has 1 aliphatic rings. The Labute approximate surface area is 160 Å². The SMILES string of the molecule is CCOC(=O)[C@H]1CN(C(=O)OC(C)(C)C)CC[C@H]1NC/C=C/c1ccco1. The third-order valence-electron chi connectivity index (χ3n) is 4.18. The van der Waals surface area contributed by atoms with Crippen LogP contribution >= 0.6 is 0 Å². The molecule has 2 rings (SSSR count). The maximum Gasteiger partial charge on any atom is 0.410 e. The number of nitrogens with zero attached hydrogens (tertiary/aromatic N) is 1.